The van der Waals surface area contributed by atoms with Crippen molar-refractivity contribution >= 4 is 22.7 Å². The fourth-order valence-electron chi connectivity index (χ4n) is 4.80. The third-order valence-electron chi connectivity index (χ3n) is 6.29. The van der Waals surface area contributed by atoms with E-state index in [4.69, 9.17) is 0 Å². The predicted molar refractivity (Wildman–Crippen MR) is 160 cm³/mol. The molecule has 1 aliphatic carbocycles. The number of nitrogens with zero attached hydrogens (tertiary/aromatic N) is 3. The molecule has 1 aliphatic rings. The summed E-state index contributed by atoms with van der Waals surface area (Å²) in [5, 5.41) is 0. The minimum atomic E-state index is 0.251. The molecule has 192 valence electrons. The molecule has 0 spiro atoms. The van der Waals surface area contributed by atoms with Gasteiger partial charge < -0.3 is 9.80 Å². The summed E-state index contributed by atoms with van der Waals surface area (Å²) in [5.74, 6) is 0. The van der Waals surface area contributed by atoms with E-state index in [2.05, 4.69) is 157 Å². The van der Waals surface area contributed by atoms with Gasteiger partial charge in [0.1, 0.15) is 14.1 Å². The lowest BCUT2D eigenvalue weighted by atomic mass is 9.90. The molecule has 0 heterocycles. The van der Waals surface area contributed by atoms with Crippen molar-refractivity contribution in [2.75, 3.05) is 51.1 Å². The van der Waals surface area contributed by atoms with Crippen molar-refractivity contribution in [3.8, 4) is 0 Å². The molecule has 0 unspecified atom stereocenters. The first-order valence-electron chi connectivity index (χ1n) is 13.0. The van der Waals surface area contributed by atoms with Crippen LogP contribution in [0.4, 0.5) is 11.4 Å². The second kappa shape index (κ2) is 10.9. The van der Waals surface area contributed by atoms with Crippen molar-refractivity contribution in [3.05, 3.63) is 89.5 Å². The molecule has 3 rings (SSSR count). The Morgan fingerprint density at radius 2 is 0.972 bits per heavy atom. The molecule has 0 saturated carbocycles. The largest absolute Gasteiger partial charge is 0.374 e. The lowest BCUT2D eigenvalue weighted by molar-refractivity contribution is -0.462. The third kappa shape index (κ3) is 7.46. The quantitative estimate of drug-likeness (QED) is 0.398. The highest BCUT2D eigenvalue weighted by Crippen LogP contribution is 2.32. The zero-order valence-corrected chi connectivity index (χ0v) is 24.2. The summed E-state index contributed by atoms with van der Waals surface area (Å²) in [6, 6.07) is 18.1. The second-order valence-electron chi connectivity index (χ2n) is 12.7. The highest BCUT2D eigenvalue weighted by atomic mass is 15.1. The van der Waals surface area contributed by atoms with Crippen LogP contribution in [0.3, 0.4) is 0 Å². The lowest BCUT2D eigenvalue weighted by Crippen LogP contribution is -2.29. The molecule has 0 amide bonds. The fraction of sp³-hybridized carbons (Fsp3) is 0.424. The van der Waals surface area contributed by atoms with E-state index in [0.29, 0.717) is 0 Å². The number of anilines is 2. The van der Waals surface area contributed by atoms with Gasteiger partial charge in [-0.2, -0.15) is 0 Å². The van der Waals surface area contributed by atoms with Gasteiger partial charge in [0.25, 0.3) is 0 Å². The van der Waals surface area contributed by atoms with Crippen molar-refractivity contribution in [1.82, 2.24) is 0 Å². The topological polar surface area (TPSA) is 9.49 Å². The third-order valence-corrected chi connectivity index (χ3v) is 6.29. The molecule has 0 saturated heterocycles. The first kappa shape index (κ1) is 27.5. The highest BCUT2D eigenvalue weighted by Gasteiger charge is 2.17. The average Bonchev–Trinajstić information content (AvgIpc) is 2.78. The van der Waals surface area contributed by atoms with Crippen LogP contribution in [0.2, 0.25) is 0 Å². The number of rotatable bonds is 6. The van der Waals surface area contributed by atoms with Crippen LogP contribution in [0.25, 0.3) is 5.57 Å². The van der Waals surface area contributed by atoms with Gasteiger partial charge in [0.2, 0.25) is 0 Å². The van der Waals surface area contributed by atoms with Crippen molar-refractivity contribution < 1.29 is 4.58 Å². The Hall–Kier alpha value is -3.07. The molecule has 2 aromatic rings. The summed E-state index contributed by atoms with van der Waals surface area (Å²) in [5.41, 5.74) is 9.15. The number of allylic oxidation sites excluding steroid dienone is 5. The summed E-state index contributed by atoms with van der Waals surface area (Å²) in [6.07, 6.45) is 8.88. The molecular weight excluding hydrogens is 438 g/mol. The molecular formula is C33H46N3+. The van der Waals surface area contributed by atoms with Gasteiger partial charge in [-0.05, 0) is 69.5 Å². The van der Waals surface area contributed by atoms with Crippen LogP contribution in [0.5, 0.6) is 0 Å². The molecule has 0 bridgehead atoms. The second-order valence-corrected chi connectivity index (χ2v) is 12.7. The summed E-state index contributed by atoms with van der Waals surface area (Å²) in [4.78, 5) is 4.68. The van der Waals surface area contributed by atoms with Crippen molar-refractivity contribution in [2.45, 2.75) is 41.5 Å². The van der Waals surface area contributed by atoms with E-state index < -0.39 is 0 Å². The molecule has 0 N–H and O–H groups in total. The minimum absolute atomic E-state index is 0.251. The van der Waals surface area contributed by atoms with Crippen LogP contribution in [-0.4, -0.2) is 51.6 Å². The van der Waals surface area contributed by atoms with Gasteiger partial charge in [0.05, 0.1) is 0 Å². The summed E-state index contributed by atoms with van der Waals surface area (Å²) < 4.78 is 2.14. The molecule has 0 fully saturated rings. The normalized spacial score (nSPS) is 13.7. The molecule has 0 aliphatic heterocycles. The van der Waals surface area contributed by atoms with Gasteiger partial charge in [0.15, 0.2) is 5.71 Å². The van der Waals surface area contributed by atoms with Gasteiger partial charge in [-0.3, -0.25) is 0 Å². The summed E-state index contributed by atoms with van der Waals surface area (Å²) in [6.45, 7) is 15.7. The predicted octanol–water partition coefficient (Wildman–Crippen LogP) is 7.29. The van der Waals surface area contributed by atoms with Crippen LogP contribution in [0.1, 0.15) is 52.7 Å². The number of hydrogen-bond acceptors (Lipinski definition) is 2. The maximum absolute atomic E-state index is 2.34. The van der Waals surface area contributed by atoms with E-state index in [1.807, 2.05) is 0 Å². The zero-order valence-electron chi connectivity index (χ0n) is 24.2. The standard InChI is InChI=1S/C33H46N3/c1-32(2,3)23-35(9)29-19-13-26(14-20-29)31(25-11-17-28(18-12-25)34(7)8)27-15-21-30(22-16-27)36(10)24-33(4,5)6/h11-22H,23-24H2,1-10H3/q+1. The van der Waals surface area contributed by atoms with Gasteiger partial charge in [-0.25, -0.2) is 4.58 Å². The molecule has 36 heavy (non-hydrogen) atoms. The SMILES string of the molecule is CN(CC(C)(C)C)c1ccc(C(=C2C=CC(=[N+](C)C)C=C2)c2ccc(N(C)CC(C)(C)C)cc2)cc1. The Balaban J connectivity index is 2.01. The van der Waals surface area contributed by atoms with E-state index in [1.165, 1.54) is 39.4 Å². The van der Waals surface area contributed by atoms with Crippen molar-refractivity contribution in [1.29, 1.82) is 0 Å². The maximum Gasteiger partial charge on any atom is 0.199 e. The zero-order chi connectivity index (χ0) is 26.7. The first-order valence-corrected chi connectivity index (χ1v) is 13.0. The lowest BCUT2D eigenvalue weighted by Gasteiger charge is -2.29. The molecule has 2 aromatic carbocycles. The van der Waals surface area contributed by atoms with Crippen LogP contribution < -0.4 is 9.80 Å². The van der Waals surface area contributed by atoms with Crippen LogP contribution in [0.15, 0.2) is 78.4 Å². The number of hydrogen-bond donors (Lipinski definition) is 0. The molecule has 3 nitrogen and oxygen atoms in total. The van der Waals surface area contributed by atoms with Crippen LogP contribution in [0, 0.1) is 10.8 Å². The van der Waals surface area contributed by atoms with Gasteiger partial charge in [0, 0.05) is 50.7 Å². The Kier molecular flexibility index (Phi) is 8.33. The van der Waals surface area contributed by atoms with Crippen molar-refractivity contribution in [2.24, 2.45) is 10.8 Å². The van der Waals surface area contributed by atoms with Gasteiger partial charge >= 0.3 is 0 Å². The Labute approximate surface area is 220 Å². The summed E-state index contributed by atoms with van der Waals surface area (Å²) in [7, 11) is 8.52. The highest BCUT2D eigenvalue weighted by molar-refractivity contribution is 6.04. The van der Waals surface area contributed by atoms with Gasteiger partial charge in [-0.1, -0.05) is 65.8 Å². The van der Waals surface area contributed by atoms with Crippen LogP contribution in [-0.2, 0) is 0 Å². The first-order chi connectivity index (χ1) is 16.7. The molecule has 3 heteroatoms. The van der Waals surface area contributed by atoms with E-state index in [1.54, 1.807) is 0 Å². The Morgan fingerprint density at radius 1 is 0.611 bits per heavy atom. The van der Waals surface area contributed by atoms with E-state index >= 15 is 0 Å². The monoisotopic (exact) mass is 484 g/mol. The van der Waals surface area contributed by atoms with E-state index in [9.17, 15) is 0 Å². The fourth-order valence-corrected chi connectivity index (χ4v) is 4.80. The minimum Gasteiger partial charge on any atom is -0.374 e. The smallest absolute Gasteiger partial charge is 0.199 e. The number of benzene rings is 2. The molecule has 0 radical (unpaired) electrons. The Morgan fingerprint density at radius 3 is 1.28 bits per heavy atom. The van der Waals surface area contributed by atoms with Crippen LogP contribution >= 0.6 is 0 Å². The van der Waals surface area contributed by atoms with Crippen molar-refractivity contribution in [3.63, 3.8) is 0 Å². The molecule has 0 atom stereocenters. The van der Waals surface area contributed by atoms with E-state index in [0.717, 1.165) is 13.1 Å². The molecule has 0 aromatic heterocycles. The van der Waals surface area contributed by atoms with E-state index in [-0.39, 0.29) is 10.8 Å². The average molecular weight is 485 g/mol. The Bertz CT molecular complexity index is 1070. The summed E-state index contributed by atoms with van der Waals surface area (Å²) >= 11 is 0. The van der Waals surface area contributed by atoms with Gasteiger partial charge in [-0.15, -0.1) is 0 Å². The maximum atomic E-state index is 2.34.